The van der Waals surface area contributed by atoms with Gasteiger partial charge in [-0.1, -0.05) is 49.3 Å². The molecule has 1 heterocycles. The van der Waals surface area contributed by atoms with Crippen LogP contribution in [0.1, 0.15) is 45.7 Å². The summed E-state index contributed by atoms with van der Waals surface area (Å²) >= 11 is 7.26. The van der Waals surface area contributed by atoms with Crippen LogP contribution in [0.5, 0.6) is 0 Å². The topological polar surface area (TPSA) is 81.8 Å². The van der Waals surface area contributed by atoms with E-state index in [0.29, 0.717) is 34.7 Å². The maximum atomic E-state index is 14.3. The zero-order chi connectivity index (χ0) is 23.7. The molecule has 0 radical (unpaired) electrons. The number of carbonyl (C=O) groups excluding carboxylic acids is 2. The number of nitrogens with two attached hydrogens (primary N) is 1. The van der Waals surface area contributed by atoms with E-state index in [2.05, 4.69) is 0 Å². The molecule has 1 aliphatic rings. The van der Waals surface area contributed by atoms with Crippen LogP contribution in [0.4, 0.5) is 10.1 Å². The number of carbonyl (C=O) groups is 2. The second-order valence-electron chi connectivity index (χ2n) is 7.91. The van der Waals surface area contributed by atoms with Gasteiger partial charge in [0, 0.05) is 26.5 Å². The molecule has 3 aromatic carbocycles. The summed E-state index contributed by atoms with van der Waals surface area (Å²) in [4.78, 5) is 31.0. The summed E-state index contributed by atoms with van der Waals surface area (Å²) in [6.45, 7) is 4.21. The van der Waals surface area contributed by atoms with Gasteiger partial charge in [-0.05, 0) is 48.4 Å². The lowest BCUT2D eigenvalue weighted by atomic mass is 9.96. The third-order valence-electron chi connectivity index (χ3n) is 4.92. The zero-order valence-electron chi connectivity index (χ0n) is 17.9. The van der Waals surface area contributed by atoms with Gasteiger partial charge in [0.1, 0.15) is 5.82 Å². The summed E-state index contributed by atoms with van der Waals surface area (Å²) in [7, 11) is 0. The molecule has 168 valence electrons. The highest BCUT2D eigenvalue weighted by Crippen LogP contribution is 2.43. The molecule has 0 aliphatic carbocycles. The Kier molecular flexibility index (Phi) is 6.54. The Morgan fingerprint density at radius 3 is 2.61 bits per heavy atom. The average molecular weight is 483 g/mol. The maximum Gasteiger partial charge on any atom is 0.338 e. The molecule has 3 aromatic rings. The average Bonchev–Trinajstić information content (AvgIpc) is 2.95. The summed E-state index contributed by atoms with van der Waals surface area (Å²) in [5.41, 5.74) is 8.03. The van der Waals surface area contributed by atoms with Crippen LogP contribution in [0.25, 0.3) is 0 Å². The lowest BCUT2D eigenvalue weighted by molar-refractivity contribution is 0.0459. The van der Waals surface area contributed by atoms with E-state index in [1.54, 1.807) is 36.4 Å². The van der Waals surface area contributed by atoms with Crippen molar-refractivity contribution in [3.05, 3.63) is 87.7 Å². The number of nitrogens with zero attached hydrogens (tertiary/aromatic N) is 1. The third-order valence-corrected chi connectivity index (χ3v) is 6.35. The van der Waals surface area contributed by atoms with Crippen LogP contribution in [0.15, 0.2) is 69.4 Å². The number of rotatable bonds is 5. The molecule has 0 saturated heterocycles. The van der Waals surface area contributed by atoms with Crippen molar-refractivity contribution in [3.8, 4) is 0 Å². The highest BCUT2D eigenvalue weighted by Gasteiger charge is 2.25. The summed E-state index contributed by atoms with van der Waals surface area (Å²) < 4.78 is 19.7. The molecule has 0 aromatic heterocycles. The van der Waals surface area contributed by atoms with Crippen molar-refractivity contribution >= 4 is 46.6 Å². The molecular weight excluding hydrogens is 463 g/mol. The van der Waals surface area contributed by atoms with Gasteiger partial charge in [-0.15, -0.1) is 0 Å². The number of aliphatic imine (C=N–C) groups is 1. The number of esters is 1. The molecule has 33 heavy (non-hydrogen) atoms. The van der Waals surface area contributed by atoms with Crippen molar-refractivity contribution in [2.75, 3.05) is 6.61 Å². The fourth-order valence-electron chi connectivity index (χ4n) is 3.36. The van der Waals surface area contributed by atoms with Crippen molar-refractivity contribution in [1.82, 2.24) is 0 Å². The van der Waals surface area contributed by atoms with Crippen molar-refractivity contribution in [2.24, 2.45) is 16.6 Å². The lowest BCUT2D eigenvalue weighted by Gasteiger charge is -2.13. The zero-order valence-corrected chi connectivity index (χ0v) is 19.5. The summed E-state index contributed by atoms with van der Waals surface area (Å²) in [6.07, 6.45) is 0. The molecule has 0 spiro atoms. The van der Waals surface area contributed by atoms with E-state index in [4.69, 9.17) is 27.1 Å². The Bertz CT molecular complexity index is 1310. The van der Waals surface area contributed by atoms with E-state index in [1.807, 2.05) is 19.9 Å². The van der Waals surface area contributed by atoms with Gasteiger partial charge in [0.2, 0.25) is 5.91 Å². The molecule has 1 aliphatic heterocycles. The number of primary amides is 1. The first kappa shape index (κ1) is 23.0. The number of benzene rings is 3. The van der Waals surface area contributed by atoms with Crippen LogP contribution < -0.4 is 5.73 Å². The van der Waals surface area contributed by atoms with Gasteiger partial charge in [0.05, 0.1) is 28.6 Å². The van der Waals surface area contributed by atoms with Gasteiger partial charge in [-0.2, -0.15) is 0 Å². The molecule has 0 unspecified atom stereocenters. The van der Waals surface area contributed by atoms with Gasteiger partial charge in [-0.3, -0.25) is 4.79 Å². The first-order valence-corrected chi connectivity index (χ1v) is 11.4. The molecule has 0 fully saturated rings. The van der Waals surface area contributed by atoms with E-state index in [0.717, 1.165) is 9.79 Å². The highest BCUT2D eigenvalue weighted by molar-refractivity contribution is 7.99. The number of halogens is 2. The minimum atomic E-state index is -0.626. The number of fused-ring (bicyclic) bond motifs is 2. The molecule has 8 heteroatoms. The first-order chi connectivity index (χ1) is 15.7. The monoisotopic (exact) mass is 482 g/mol. The molecule has 4 rings (SSSR count). The van der Waals surface area contributed by atoms with E-state index in [1.165, 1.54) is 23.9 Å². The van der Waals surface area contributed by atoms with Gasteiger partial charge >= 0.3 is 5.97 Å². The normalized spacial score (nSPS) is 12.5. The van der Waals surface area contributed by atoms with Crippen LogP contribution >= 0.6 is 23.4 Å². The van der Waals surface area contributed by atoms with Gasteiger partial charge in [-0.25, -0.2) is 14.2 Å². The standard InChI is InChI=1S/C25H20ClFN2O3S/c1-13(2)12-32-25(31)15-7-9-20-19(11-15)29-23(14-6-8-17(26)18(27)10-14)22-16(24(28)30)4-3-5-21(22)33-20/h3-11,13H,12H2,1-2H3,(H2,28,30). The van der Waals surface area contributed by atoms with Crippen LogP contribution in [0, 0.1) is 11.7 Å². The van der Waals surface area contributed by atoms with E-state index >= 15 is 0 Å². The Hall–Kier alpha value is -3.16. The van der Waals surface area contributed by atoms with Gasteiger partial charge in [0.15, 0.2) is 0 Å². The Balaban J connectivity index is 1.91. The van der Waals surface area contributed by atoms with Gasteiger partial charge in [0.25, 0.3) is 0 Å². The SMILES string of the molecule is CC(C)COC(=O)c1ccc2c(c1)N=C(c1ccc(Cl)c(F)c1)c1c(cccc1C(N)=O)S2. The quantitative estimate of drug-likeness (QED) is 0.352. The minimum absolute atomic E-state index is 0.0265. The molecule has 0 saturated carbocycles. The molecular formula is C25H20ClFN2O3S. The Morgan fingerprint density at radius 1 is 1.12 bits per heavy atom. The molecule has 0 bridgehead atoms. The fourth-order valence-corrected chi connectivity index (χ4v) is 4.51. The Labute approximate surface area is 199 Å². The predicted octanol–water partition coefficient (Wildman–Crippen LogP) is 6.02. The van der Waals surface area contributed by atoms with Crippen LogP contribution in [0.3, 0.4) is 0 Å². The Morgan fingerprint density at radius 2 is 1.91 bits per heavy atom. The van der Waals surface area contributed by atoms with Crippen molar-refractivity contribution in [2.45, 2.75) is 23.6 Å². The number of amides is 1. The van der Waals surface area contributed by atoms with E-state index < -0.39 is 17.7 Å². The summed E-state index contributed by atoms with van der Waals surface area (Å²) in [6, 6.07) is 14.6. The second kappa shape index (κ2) is 9.37. The largest absolute Gasteiger partial charge is 0.462 e. The highest BCUT2D eigenvalue weighted by atomic mass is 35.5. The fraction of sp³-hybridized carbons (Fsp3) is 0.160. The van der Waals surface area contributed by atoms with Gasteiger partial charge < -0.3 is 10.5 Å². The maximum absolute atomic E-state index is 14.3. The number of hydrogen-bond acceptors (Lipinski definition) is 5. The summed E-state index contributed by atoms with van der Waals surface area (Å²) in [5, 5.41) is -0.0265. The third kappa shape index (κ3) is 4.79. The number of ether oxygens (including phenoxy) is 1. The summed E-state index contributed by atoms with van der Waals surface area (Å²) in [5.74, 6) is -1.49. The number of hydrogen-bond donors (Lipinski definition) is 1. The molecule has 2 N–H and O–H groups in total. The van der Waals surface area contributed by atoms with Crippen molar-refractivity contribution < 1.29 is 18.7 Å². The predicted molar refractivity (Wildman–Crippen MR) is 127 cm³/mol. The van der Waals surface area contributed by atoms with Crippen molar-refractivity contribution in [3.63, 3.8) is 0 Å². The van der Waals surface area contributed by atoms with Crippen LogP contribution in [0.2, 0.25) is 5.02 Å². The lowest BCUT2D eigenvalue weighted by Crippen LogP contribution is -2.18. The van der Waals surface area contributed by atoms with Crippen LogP contribution in [-0.2, 0) is 4.74 Å². The molecule has 1 amide bonds. The molecule has 5 nitrogen and oxygen atoms in total. The minimum Gasteiger partial charge on any atom is -0.462 e. The van der Waals surface area contributed by atoms with Crippen LogP contribution in [-0.4, -0.2) is 24.2 Å². The van der Waals surface area contributed by atoms with E-state index in [-0.39, 0.29) is 16.5 Å². The van der Waals surface area contributed by atoms with Crippen molar-refractivity contribution in [1.29, 1.82) is 0 Å². The smallest absolute Gasteiger partial charge is 0.338 e. The second-order valence-corrected chi connectivity index (χ2v) is 9.40. The van der Waals surface area contributed by atoms with E-state index in [9.17, 15) is 14.0 Å². The first-order valence-electron chi connectivity index (χ1n) is 10.2. The molecule has 0 atom stereocenters.